The van der Waals surface area contributed by atoms with Gasteiger partial charge in [0.25, 0.3) is 0 Å². The molecule has 1 atom stereocenters. The van der Waals surface area contributed by atoms with Gasteiger partial charge < -0.3 is 0 Å². The molecule has 0 amide bonds. The lowest BCUT2D eigenvalue weighted by molar-refractivity contribution is 0.439. The van der Waals surface area contributed by atoms with Gasteiger partial charge in [0.2, 0.25) is 0 Å². The number of rotatable bonds is 5. The summed E-state index contributed by atoms with van der Waals surface area (Å²) in [5, 5.41) is 8.42. The molecule has 0 aliphatic carbocycles. The van der Waals surface area contributed by atoms with Crippen molar-refractivity contribution in [2.24, 2.45) is 0 Å². The summed E-state index contributed by atoms with van der Waals surface area (Å²) in [6, 6.07) is 8.59. The van der Waals surface area contributed by atoms with E-state index in [0.29, 0.717) is 6.04 Å². The third-order valence-electron chi connectivity index (χ3n) is 3.02. The van der Waals surface area contributed by atoms with Crippen molar-refractivity contribution in [3.63, 3.8) is 0 Å². The molecule has 0 aliphatic heterocycles. The lowest BCUT2D eigenvalue weighted by Gasteiger charge is -2.11. The monoisotopic (exact) mass is 217 g/mol. The van der Waals surface area contributed by atoms with Crippen LogP contribution < -0.4 is 0 Å². The highest BCUT2D eigenvalue weighted by Gasteiger charge is 2.09. The van der Waals surface area contributed by atoms with E-state index in [0.717, 1.165) is 11.0 Å². The molecule has 3 heteroatoms. The third-order valence-corrected chi connectivity index (χ3v) is 3.02. The van der Waals surface area contributed by atoms with E-state index in [1.54, 1.807) is 0 Å². The van der Waals surface area contributed by atoms with Crippen molar-refractivity contribution in [1.82, 2.24) is 15.0 Å². The normalized spacial score (nSPS) is 13.1. The van der Waals surface area contributed by atoms with E-state index >= 15 is 0 Å². The van der Waals surface area contributed by atoms with Crippen molar-refractivity contribution in [2.75, 3.05) is 0 Å². The average molecular weight is 217 g/mol. The zero-order chi connectivity index (χ0) is 11.4. The van der Waals surface area contributed by atoms with Crippen LogP contribution in [-0.4, -0.2) is 15.0 Å². The first-order valence-corrected chi connectivity index (χ1v) is 6.13. The fraction of sp³-hybridized carbons (Fsp3) is 0.538. The van der Waals surface area contributed by atoms with E-state index in [4.69, 9.17) is 0 Å². The highest BCUT2D eigenvalue weighted by atomic mass is 15.4. The van der Waals surface area contributed by atoms with E-state index in [-0.39, 0.29) is 0 Å². The van der Waals surface area contributed by atoms with Crippen LogP contribution in [0.4, 0.5) is 0 Å². The predicted molar refractivity (Wildman–Crippen MR) is 66.4 cm³/mol. The van der Waals surface area contributed by atoms with Gasteiger partial charge in [0.15, 0.2) is 0 Å². The Morgan fingerprint density at radius 2 is 2.06 bits per heavy atom. The highest BCUT2D eigenvalue weighted by molar-refractivity contribution is 5.73. The molecule has 0 bridgehead atoms. The zero-order valence-corrected chi connectivity index (χ0v) is 10.1. The van der Waals surface area contributed by atoms with Crippen molar-refractivity contribution in [3.8, 4) is 0 Å². The lowest BCUT2D eigenvalue weighted by atomic mass is 10.1. The Kier molecular flexibility index (Phi) is 3.54. The second-order valence-corrected chi connectivity index (χ2v) is 4.37. The number of hydrogen-bond donors (Lipinski definition) is 0. The van der Waals surface area contributed by atoms with Gasteiger partial charge in [-0.2, -0.15) is 0 Å². The maximum atomic E-state index is 4.24. The van der Waals surface area contributed by atoms with Gasteiger partial charge in [-0.15, -0.1) is 5.10 Å². The number of aromatic nitrogens is 3. The number of fused-ring (bicyclic) bond motifs is 1. The number of unbranched alkanes of at least 4 members (excludes halogenated alkanes) is 2. The van der Waals surface area contributed by atoms with Crippen LogP contribution in [0.15, 0.2) is 24.3 Å². The van der Waals surface area contributed by atoms with Crippen molar-refractivity contribution in [3.05, 3.63) is 24.3 Å². The molecule has 0 spiro atoms. The molecule has 1 aromatic carbocycles. The first kappa shape index (κ1) is 11.1. The predicted octanol–water partition coefficient (Wildman–Crippen LogP) is 3.57. The Bertz CT molecular complexity index is 447. The van der Waals surface area contributed by atoms with Crippen LogP contribution in [0, 0.1) is 0 Å². The second-order valence-electron chi connectivity index (χ2n) is 4.37. The summed E-state index contributed by atoms with van der Waals surface area (Å²) in [5.41, 5.74) is 2.14. The molecule has 0 saturated heterocycles. The Balaban J connectivity index is 2.13. The summed E-state index contributed by atoms with van der Waals surface area (Å²) in [6.07, 6.45) is 5.02. The Labute approximate surface area is 96.5 Å². The summed E-state index contributed by atoms with van der Waals surface area (Å²) in [7, 11) is 0. The first-order chi connectivity index (χ1) is 7.83. The molecule has 16 heavy (non-hydrogen) atoms. The zero-order valence-electron chi connectivity index (χ0n) is 10.1. The minimum Gasteiger partial charge on any atom is -0.242 e. The van der Waals surface area contributed by atoms with E-state index in [1.807, 2.05) is 22.9 Å². The molecule has 0 saturated carbocycles. The Hall–Kier alpha value is -1.38. The molecule has 1 heterocycles. The van der Waals surface area contributed by atoms with Crippen LogP contribution in [0.1, 0.15) is 45.6 Å². The minimum absolute atomic E-state index is 0.443. The maximum absolute atomic E-state index is 4.24. The lowest BCUT2D eigenvalue weighted by Crippen LogP contribution is -2.06. The van der Waals surface area contributed by atoms with Gasteiger partial charge >= 0.3 is 0 Å². The van der Waals surface area contributed by atoms with Gasteiger partial charge in [-0.25, -0.2) is 4.68 Å². The average Bonchev–Trinajstić information content (AvgIpc) is 2.73. The number of nitrogens with zero attached hydrogens (tertiary/aromatic N) is 3. The smallest absolute Gasteiger partial charge is 0.113 e. The van der Waals surface area contributed by atoms with E-state index < -0.39 is 0 Å². The van der Waals surface area contributed by atoms with Gasteiger partial charge in [-0.05, 0) is 25.5 Å². The Morgan fingerprint density at radius 1 is 1.25 bits per heavy atom. The van der Waals surface area contributed by atoms with Crippen LogP contribution in [0.25, 0.3) is 11.0 Å². The number of para-hydroxylation sites is 1. The fourth-order valence-corrected chi connectivity index (χ4v) is 2.02. The molecule has 3 nitrogen and oxygen atoms in total. The maximum Gasteiger partial charge on any atom is 0.113 e. The molecule has 2 aromatic rings. The largest absolute Gasteiger partial charge is 0.242 e. The molecule has 86 valence electrons. The summed E-state index contributed by atoms with van der Waals surface area (Å²) in [6.45, 7) is 4.45. The molecular formula is C13H19N3. The van der Waals surface area contributed by atoms with Crippen molar-refractivity contribution >= 4 is 11.0 Å². The summed E-state index contributed by atoms with van der Waals surface area (Å²) >= 11 is 0. The van der Waals surface area contributed by atoms with Crippen molar-refractivity contribution in [2.45, 2.75) is 45.6 Å². The standard InChI is InChI=1S/C13H19N3/c1-3-4-5-8-11(2)16-13-10-7-6-9-12(13)14-15-16/h6-7,9-11H,3-5,8H2,1-2H3. The summed E-state index contributed by atoms with van der Waals surface area (Å²) < 4.78 is 2.05. The van der Waals surface area contributed by atoms with Crippen LogP contribution in [0.5, 0.6) is 0 Å². The molecule has 0 aliphatic rings. The first-order valence-electron chi connectivity index (χ1n) is 6.13. The van der Waals surface area contributed by atoms with Crippen molar-refractivity contribution < 1.29 is 0 Å². The van der Waals surface area contributed by atoms with Gasteiger partial charge in [0.1, 0.15) is 5.52 Å². The van der Waals surface area contributed by atoms with E-state index in [2.05, 4.69) is 30.2 Å². The molecular weight excluding hydrogens is 198 g/mol. The topological polar surface area (TPSA) is 30.7 Å². The minimum atomic E-state index is 0.443. The van der Waals surface area contributed by atoms with Gasteiger partial charge in [-0.1, -0.05) is 43.5 Å². The number of hydrogen-bond acceptors (Lipinski definition) is 2. The van der Waals surface area contributed by atoms with Gasteiger partial charge in [-0.3, -0.25) is 0 Å². The van der Waals surface area contributed by atoms with Gasteiger partial charge in [0, 0.05) is 0 Å². The quantitative estimate of drug-likeness (QED) is 0.717. The molecule has 2 rings (SSSR count). The highest BCUT2D eigenvalue weighted by Crippen LogP contribution is 2.19. The number of benzene rings is 1. The molecule has 1 unspecified atom stereocenters. The van der Waals surface area contributed by atoms with Crippen LogP contribution in [0.3, 0.4) is 0 Å². The molecule has 0 fully saturated rings. The van der Waals surface area contributed by atoms with E-state index in [1.165, 1.54) is 25.7 Å². The third kappa shape index (κ3) is 2.23. The SMILES string of the molecule is CCCCCC(C)n1nnc2ccccc21. The summed E-state index contributed by atoms with van der Waals surface area (Å²) in [4.78, 5) is 0. The van der Waals surface area contributed by atoms with E-state index in [9.17, 15) is 0 Å². The van der Waals surface area contributed by atoms with Gasteiger partial charge in [0.05, 0.1) is 11.6 Å². The van der Waals surface area contributed by atoms with Crippen LogP contribution in [0.2, 0.25) is 0 Å². The Morgan fingerprint density at radius 3 is 2.88 bits per heavy atom. The summed E-state index contributed by atoms with van der Waals surface area (Å²) in [5.74, 6) is 0. The van der Waals surface area contributed by atoms with Crippen molar-refractivity contribution in [1.29, 1.82) is 0 Å². The molecule has 0 N–H and O–H groups in total. The second kappa shape index (κ2) is 5.10. The molecule has 0 radical (unpaired) electrons. The fourth-order valence-electron chi connectivity index (χ4n) is 2.02. The van der Waals surface area contributed by atoms with Crippen LogP contribution >= 0.6 is 0 Å². The van der Waals surface area contributed by atoms with Crippen LogP contribution in [-0.2, 0) is 0 Å². The molecule has 1 aromatic heterocycles.